The molecule has 0 saturated carbocycles. The van der Waals surface area contributed by atoms with Crippen LogP contribution in [0.2, 0.25) is 0 Å². The quantitative estimate of drug-likeness (QED) is 0.0435. The first-order valence-corrected chi connectivity index (χ1v) is 21.2. The van der Waals surface area contributed by atoms with Gasteiger partial charge in [0.1, 0.15) is 23.9 Å². The summed E-state index contributed by atoms with van der Waals surface area (Å²) in [5.41, 5.74) is -29.0. The summed E-state index contributed by atoms with van der Waals surface area (Å²) in [7, 11) is 0. The van der Waals surface area contributed by atoms with E-state index in [4.69, 9.17) is 10.5 Å². The number of rotatable bonds is 11. The van der Waals surface area contributed by atoms with Crippen molar-refractivity contribution in [2.45, 2.75) is 95.0 Å². The number of aromatic nitrogens is 2. The Morgan fingerprint density at radius 3 is 0.868 bits per heavy atom. The number of nitriles is 2. The zero-order valence-electron chi connectivity index (χ0n) is 37.9. The molecule has 0 aliphatic heterocycles. The third kappa shape index (κ3) is 15.1. The molecule has 1 heterocycles. The van der Waals surface area contributed by atoms with E-state index in [0.29, 0.717) is 6.54 Å². The maximum atomic E-state index is 14.2. The summed E-state index contributed by atoms with van der Waals surface area (Å²) in [4.78, 5) is 3.96. The zero-order chi connectivity index (χ0) is 57.8. The molecule has 5 rings (SSSR count). The van der Waals surface area contributed by atoms with Gasteiger partial charge in [-0.2, -0.15) is 142 Å². The van der Waals surface area contributed by atoms with Crippen LogP contribution in [0.3, 0.4) is 0 Å². The molecule has 0 saturated heterocycles. The smallest absolute Gasteiger partial charge is 0.252 e. The predicted molar refractivity (Wildman–Crippen MR) is 222 cm³/mol. The van der Waals surface area contributed by atoms with E-state index in [2.05, 4.69) is 11.9 Å². The van der Waals surface area contributed by atoms with Crippen LogP contribution in [0.25, 0.3) is 0 Å². The van der Waals surface area contributed by atoms with Crippen LogP contribution in [0, 0.1) is 22.7 Å². The van der Waals surface area contributed by atoms with Gasteiger partial charge < -0.3 is 0 Å². The Morgan fingerprint density at radius 2 is 0.658 bits per heavy atom. The lowest BCUT2D eigenvalue weighted by atomic mass is 9.12. The first-order valence-electron chi connectivity index (χ1n) is 21.2. The standard InChI is InChI=1S/C32H12BF24.C15H19N4/c34-25(35,36)13-1-14(26(37,38)39)6-21(5-13)33(22-7-15(27(40,41)42)2-16(8-22)28(43,44)45,23-9-17(29(46,47)48)3-18(10-23)30(49,50)51)24-11-19(31(52,53)54)4-20(12-24)32(55,56)57;1-2-3-4-5-6-14(15(11-16)12-17)13-19-9-7-18-8-10-19/h1-12H;7-10H,2-6,13H2,1H3/q-1;+1. The predicted octanol–water partition coefficient (Wildman–Crippen LogP) is 13.9. The average Bonchev–Trinajstić information content (AvgIpc) is 3.29. The van der Waals surface area contributed by atoms with E-state index in [1.54, 1.807) is 12.4 Å². The molecule has 0 amide bonds. The Balaban J connectivity index is 0.000000552. The van der Waals surface area contributed by atoms with Crippen LogP contribution < -0.4 is 26.4 Å². The normalized spacial score (nSPS) is 13.1. The fourth-order valence-electron chi connectivity index (χ4n) is 7.98. The molecule has 0 radical (unpaired) electrons. The van der Waals surface area contributed by atoms with Crippen molar-refractivity contribution in [1.29, 1.82) is 10.5 Å². The molecule has 29 heteroatoms. The SMILES string of the molecule is CCCCCCC(C[n+]1ccncc1)=C(C#N)C#N.FC(F)(F)c1cc([B-](c2cc(C(F)(F)F)cc(C(F)(F)F)c2)(c2cc(C(F)(F)F)cc(C(F)(F)F)c2)c2cc(C(F)(F)F)cc(C(F)(F)F)c2)cc(C(F)(F)F)c1. The number of allylic oxidation sites excluding steroid dienone is 2. The second kappa shape index (κ2) is 22.3. The van der Waals surface area contributed by atoms with E-state index in [9.17, 15) is 105 Å². The van der Waals surface area contributed by atoms with Crippen molar-refractivity contribution in [2.75, 3.05) is 0 Å². The van der Waals surface area contributed by atoms with E-state index in [-0.39, 0.29) is 5.57 Å². The van der Waals surface area contributed by atoms with Crippen LogP contribution in [0.1, 0.15) is 83.5 Å². The summed E-state index contributed by atoms with van der Waals surface area (Å²) in [5, 5.41) is 18.1. The number of halogens is 24. The highest BCUT2D eigenvalue weighted by Crippen LogP contribution is 2.41. The van der Waals surface area contributed by atoms with Crippen LogP contribution in [0.4, 0.5) is 105 Å². The maximum Gasteiger partial charge on any atom is 0.416 e. The number of hydrogen-bond donors (Lipinski definition) is 0. The average molecular weight is 1120 g/mol. The molecule has 410 valence electrons. The molecule has 0 N–H and O–H groups in total. The first kappa shape index (κ1) is 61.6. The summed E-state index contributed by atoms with van der Waals surface area (Å²) in [5.74, 6) is 0. The lowest BCUT2D eigenvalue weighted by Gasteiger charge is -2.46. The van der Waals surface area contributed by atoms with Crippen molar-refractivity contribution in [3.63, 3.8) is 0 Å². The Hall–Kier alpha value is -6.94. The topological polar surface area (TPSA) is 64.3 Å². The van der Waals surface area contributed by atoms with Crippen molar-refractivity contribution < 1.29 is 110 Å². The minimum absolute atomic E-state index is 0.251. The van der Waals surface area contributed by atoms with Crippen molar-refractivity contribution >= 4 is 28.0 Å². The van der Waals surface area contributed by atoms with Gasteiger partial charge in [-0.15, -0.1) is 0 Å². The fraction of sp³-hybridized carbons (Fsp3) is 0.319. The van der Waals surface area contributed by atoms with Gasteiger partial charge in [0.05, 0.1) is 56.9 Å². The lowest BCUT2D eigenvalue weighted by Crippen LogP contribution is -2.75. The molecule has 0 fully saturated rings. The van der Waals surface area contributed by atoms with Gasteiger partial charge in [0.25, 0.3) is 0 Å². The molecule has 0 atom stereocenters. The highest BCUT2D eigenvalue weighted by Gasteiger charge is 2.47. The van der Waals surface area contributed by atoms with Gasteiger partial charge in [-0.25, -0.2) is 0 Å². The minimum Gasteiger partial charge on any atom is -0.252 e. The highest BCUT2D eigenvalue weighted by molar-refractivity contribution is 7.20. The van der Waals surface area contributed by atoms with Gasteiger partial charge in [0.15, 0.2) is 18.9 Å². The molecule has 76 heavy (non-hydrogen) atoms. The number of benzene rings is 4. The second-order valence-electron chi connectivity index (χ2n) is 16.7. The molecule has 4 nitrogen and oxygen atoms in total. The molecular formula is C47H31BF24N4. The van der Waals surface area contributed by atoms with Crippen LogP contribution in [-0.4, -0.2) is 11.1 Å². The fourth-order valence-corrected chi connectivity index (χ4v) is 7.98. The Morgan fingerprint density at radius 1 is 0.408 bits per heavy atom. The van der Waals surface area contributed by atoms with E-state index >= 15 is 0 Å². The number of hydrogen-bond acceptors (Lipinski definition) is 3. The summed E-state index contributed by atoms with van der Waals surface area (Å²) in [6.07, 6.45) is -42.3. The number of unbranched alkanes of at least 4 members (excludes halogenated alkanes) is 3. The molecule has 0 aliphatic rings. The molecule has 0 unspecified atom stereocenters. The summed E-state index contributed by atoms with van der Waals surface area (Å²) in [6, 6.07) is -4.81. The Bertz CT molecular complexity index is 2510. The molecule has 1 aromatic heterocycles. The van der Waals surface area contributed by atoms with Crippen molar-refractivity contribution in [3.8, 4) is 12.1 Å². The zero-order valence-corrected chi connectivity index (χ0v) is 37.9. The van der Waals surface area contributed by atoms with Crippen molar-refractivity contribution in [1.82, 2.24) is 4.98 Å². The van der Waals surface area contributed by atoms with Gasteiger partial charge in [0.2, 0.25) is 0 Å². The van der Waals surface area contributed by atoms with E-state index in [1.165, 1.54) is 12.8 Å². The van der Waals surface area contributed by atoms with Crippen LogP contribution in [-0.2, 0) is 56.0 Å². The van der Waals surface area contributed by atoms with Gasteiger partial charge in [-0.1, -0.05) is 74.7 Å². The Kier molecular flexibility index (Phi) is 18.1. The summed E-state index contributed by atoms with van der Waals surface area (Å²) >= 11 is 0. The van der Waals surface area contributed by atoms with Gasteiger partial charge in [-0.3, -0.25) is 4.98 Å². The molecule has 0 aliphatic carbocycles. The van der Waals surface area contributed by atoms with Gasteiger partial charge in [-0.05, 0) is 37.1 Å². The second-order valence-corrected chi connectivity index (χ2v) is 16.7. The summed E-state index contributed by atoms with van der Waals surface area (Å²) in [6.45, 7) is 2.75. The summed E-state index contributed by atoms with van der Waals surface area (Å²) < 4.78 is 343. The van der Waals surface area contributed by atoms with E-state index in [0.717, 1.165) is 24.8 Å². The number of nitrogens with zero attached hydrogens (tertiary/aromatic N) is 4. The monoisotopic (exact) mass is 1120 g/mol. The number of alkyl halides is 24. The van der Waals surface area contributed by atoms with Gasteiger partial charge in [0, 0.05) is 5.57 Å². The van der Waals surface area contributed by atoms with Crippen LogP contribution in [0.15, 0.2) is 109 Å². The molecule has 0 spiro atoms. The van der Waals surface area contributed by atoms with Crippen LogP contribution in [0.5, 0.6) is 0 Å². The largest absolute Gasteiger partial charge is 0.416 e. The van der Waals surface area contributed by atoms with Crippen LogP contribution >= 0.6 is 0 Å². The van der Waals surface area contributed by atoms with E-state index in [1.807, 2.05) is 29.1 Å². The molecule has 4 aromatic carbocycles. The Labute approximate surface area is 413 Å². The first-order chi connectivity index (χ1) is 34.6. The third-order valence-corrected chi connectivity index (χ3v) is 11.4. The third-order valence-electron chi connectivity index (χ3n) is 11.4. The lowest BCUT2D eigenvalue weighted by molar-refractivity contribution is -0.689. The minimum atomic E-state index is -6.13. The van der Waals surface area contributed by atoms with E-state index < -0.39 is 195 Å². The molecule has 5 aromatic rings. The molecule has 0 bridgehead atoms. The van der Waals surface area contributed by atoms with Crippen molar-refractivity contribution in [2.24, 2.45) is 0 Å². The van der Waals surface area contributed by atoms with Crippen molar-refractivity contribution in [3.05, 3.63) is 153 Å². The molecular weight excluding hydrogens is 1090 g/mol. The highest BCUT2D eigenvalue weighted by atomic mass is 19.4. The maximum absolute atomic E-state index is 14.2. The van der Waals surface area contributed by atoms with Gasteiger partial charge >= 0.3 is 49.4 Å².